The second kappa shape index (κ2) is 7.79. The molecule has 0 aliphatic heterocycles. The molecular formula is C24H29N5O2Si. The van der Waals surface area contributed by atoms with Crippen LogP contribution in [0.4, 0.5) is 0 Å². The van der Waals surface area contributed by atoms with Crippen molar-refractivity contribution in [3.8, 4) is 17.0 Å². The molecule has 5 rings (SSSR count). The molecule has 0 aliphatic rings. The predicted molar refractivity (Wildman–Crippen MR) is 131 cm³/mol. The molecule has 4 aromatic heterocycles. The number of benzene rings is 1. The highest BCUT2D eigenvalue weighted by Crippen LogP contribution is 2.35. The first-order chi connectivity index (χ1) is 15.4. The van der Waals surface area contributed by atoms with E-state index >= 15 is 0 Å². The summed E-state index contributed by atoms with van der Waals surface area (Å²) >= 11 is 0. The van der Waals surface area contributed by atoms with Gasteiger partial charge in [-0.05, 0) is 30.3 Å². The van der Waals surface area contributed by atoms with Crippen LogP contribution in [0.1, 0.15) is 0 Å². The SMILES string of the molecule is COc1ccc2c(c1)c(-c1cc3c(ncc4nccn43)n1COCC[Si](C)(C)C)cn2C. The van der Waals surface area contributed by atoms with Crippen molar-refractivity contribution in [1.29, 1.82) is 0 Å². The van der Waals surface area contributed by atoms with E-state index in [9.17, 15) is 0 Å². The largest absolute Gasteiger partial charge is 0.497 e. The molecule has 0 N–H and O–H groups in total. The summed E-state index contributed by atoms with van der Waals surface area (Å²) in [6.45, 7) is 8.32. The van der Waals surface area contributed by atoms with Gasteiger partial charge in [-0.1, -0.05) is 19.6 Å². The predicted octanol–water partition coefficient (Wildman–Crippen LogP) is 5.16. The van der Waals surface area contributed by atoms with Crippen LogP contribution < -0.4 is 4.74 Å². The average Bonchev–Trinajstić information content (AvgIpc) is 3.45. The molecule has 8 heteroatoms. The highest BCUT2D eigenvalue weighted by Gasteiger charge is 2.19. The van der Waals surface area contributed by atoms with Gasteiger partial charge >= 0.3 is 0 Å². The van der Waals surface area contributed by atoms with E-state index in [0.29, 0.717) is 6.73 Å². The molecule has 0 atom stereocenters. The van der Waals surface area contributed by atoms with Gasteiger partial charge in [0.1, 0.15) is 12.5 Å². The minimum Gasteiger partial charge on any atom is -0.497 e. The van der Waals surface area contributed by atoms with Gasteiger partial charge in [0.15, 0.2) is 11.3 Å². The maximum Gasteiger partial charge on any atom is 0.159 e. The molecule has 0 amide bonds. The zero-order valence-corrected chi connectivity index (χ0v) is 20.3. The third-order valence-corrected chi connectivity index (χ3v) is 7.67. The first kappa shape index (κ1) is 20.8. The first-order valence-corrected chi connectivity index (χ1v) is 14.6. The van der Waals surface area contributed by atoms with Crippen molar-refractivity contribution in [3.05, 3.63) is 49.1 Å². The molecule has 0 unspecified atom stereocenters. The zero-order valence-electron chi connectivity index (χ0n) is 19.3. The summed E-state index contributed by atoms with van der Waals surface area (Å²) in [5, 5.41) is 1.14. The molecule has 32 heavy (non-hydrogen) atoms. The monoisotopic (exact) mass is 447 g/mol. The van der Waals surface area contributed by atoms with Crippen LogP contribution in [0.5, 0.6) is 5.75 Å². The highest BCUT2D eigenvalue weighted by molar-refractivity contribution is 6.76. The fourth-order valence-corrected chi connectivity index (χ4v) is 4.92. The van der Waals surface area contributed by atoms with Gasteiger partial charge in [0.2, 0.25) is 0 Å². The molecule has 0 aliphatic carbocycles. The minimum atomic E-state index is -1.16. The Morgan fingerprint density at radius 2 is 1.91 bits per heavy atom. The number of aromatic nitrogens is 5. The van der Waals surface area contributed by atoms with Crippen LogP contribution in [0.25, 0.3) is 39.0 Å². The van der Waals surface area contributed by atoms with Crippen molar-refractivity contribution in [2.75, 3.05) is 13.7 Å². The van der Waals surface area contributed by atoms with Crippen LogP contribution in [0.2, 0.25) is 25.7 Å². The van der Waals surface area contributed by atoms with E-state index in [1.54, 1.807) is 13.3 Å². The third kappa shape index (κ3) is 3.59. The summed E-state index contributed by atoms with van der Waals surface area (Å²) in [5.74, 6) is 0.842. The Bertz CT molecular complexity index is 1420. The molecule has 166 valence electrons. The normalized spacial score (nSPS) is 12.4. The number of methoxy groups -OCH3 is 1. The summed E-state index contributed by atoms with van der Waals surface area (Å²) in [7, 11) is 2.61. The summed E-state index contributed by atoms with van der Waals surface area (Å²) in [6.07, 6.45) is 7.77. The van der Waals surface area contributed by atoms with E-state index in [0.717, 1.165) is 57.4 Å². The minimum absolute atomic E-state index is 0.455. The van der Waals surface area contributed by atoms with Crippen LogP contribution in [0.15, 0.2) is 49.1 Å². The van der Waals surface area contributed by atoms with Crippen LogP contribution >= 0.6 is 0 Å². The fourth-order valence-electron chi connectivity index (χ4n) is 4.16. The van der Waals surface area contributed by atoms with Gasteiger partial charge in [0.05, 0.1) is 24.5 Å². The van der Waals surface area contributed by atoms with Gasteiger partial charge < -0.3 is 14.0 Å². The third-order valence-electron chi connectivity index (χ3n) is 5.97. The van der Waals surface area contributed by atoms with Gasteiger partial charge in [0, 0.05) is 56.8 Å². The Morgan fingerprint density at radius 1 is 1.06 bits per heavy atom. The maximum absolute atomic E-state index is 6.18. The lowest BCUT2D eigenvalue weighted by Gasteiger charge is -2.16. The van der Waals surface area contributed by atoms with Crippen LogP contribution in [0, 0.1) is 0 Å². The molecule has 1 aromatic carbocycles. The van der Waals surface area contributed by atoms with Gasteiger partial charge in [-0.25, -0.2) is 9.97 Å². The average molecular weight is 448 g/mol. The molecule has 0 spiro atoms. The smallest absolute Gasteiger partial charge is 0.159 e. The first-order valence-electron chi connectivity index (χ1n) is 10.9. The molecule has 0 fully saturated rings. The Labute approximate surface area is 188 Å². The van der Waals surface area contributed by atoms with Crippen LogP contribution in [-0.4, -0.2) is 45.3 Å². The molecule has 0 bridgehead atoms. The van der Waals surface area contributed by atoms with Crippen molar-refractivity contribution in [1.82, 2.24) is 23.5 Å². The number of ether oxygens (including phenoxy) is 2. The summed E-state index contributed by atoms with van der Waals surface area (Å²) in [6, 6.07) is 9.51. The van der Waals surface area contributed by atoms with E-state index in [1.165, 1.54) is 0 Å². The lowest BCUT2D eigenvalue weighted by atomic mass is 10.1. The van der Waals surface area contributed by atoms with Crippen LogP contribution in [-0.2, 0) is 18.5 Å². The molecular weight excluding hydrogens is 418 g/mol. The lowest BCUT2D eigenvalue weighted by Crippen LogP contribution is -2.22. The Balaban J connectivity index is 1.67. The second-order valence-corrected chi connectivity index (χ2v) is 15.1. The number of rotatable bonds is 7. The quantitative estimate of drug-likeness (QED) is 0.255. The molecule has 0 saturated heterocycles. The van der Waals surface area contributed by atoms with Crippen molar-refractivity contribution in [2.45, 2.75) is 32.4 Å². The molecule has 5 aromatic rings. The molecule has 0 radical (unpaired) electrons. The van der Waals surface area contributed by atoms with E-state index in [2.05, 4.69) is 69.6 Å². The summed E-state index contributed by atoms with van der Waals surface area (Å²) in [4.78, 5) is 9.16. The lowest BCUT2D eigenvalue weighted by molar-refractivity contribution is 0.0909. The van der Waals surface area contributed by atoms with E-state index in [4.69, 9.17) is 14.5 Å². The van der Waals surface area contributed by atoms with E-state index < -0.39 is 8.07 Å². The number of nitrogens with zero attached hydrogens (tertiary/aromatic N) is 5. The molecule has 7 nitrogen and oxygen atoms in total. The topological polar surface area (TPSA) is 58.5 Å². The molecule has 4 heterocycles. The van der Waals surface area contributed by atoms with Crippen molar-refractivity contribution in [2.24, 2.45) is 7.05 Å². The Morgan fingerprint density at radius 3 is 2.69 bits per heavy atom. The Hall–Kier alpha value is -3.10. The molecule has 0 saturated carbocycles. The Kier molecular flexibility index (Phi) is 5.06. The number of hydrogen-bond acceptors (Lipinski definition) is 4. The highest BCUT2D eigenvalue weighted by atomic mass is 28.3. The van der Waals surface area contributed by atoms with Gasteiger partial charge in [-0.3, -0.25) is 8.97 Å². The fraction of sp³-hybridized carbons (Fsp3) is 0.333. The number of hydrogen-bond donors (Lipinski definition) is 0. The second-order valence-electron chi connectivity index (χ2n) is 9.46. The van der Waals surface area contributed by atoms with E-state index in [-0.39, 0.29) is 0 Å². The summed E-state index contributed by atoms with van der Waals surface area (Å²) < 4.78 is 18.1. The standard InChI is InChI=1S/C24H29N5O2Si/c1-27-15-19(18-12-17(30-2)6-7-20(18)27)21-13-22-24(26-14-23-25-8-9-28(22)23)29(21)16-31-10-11-32(3,4)5/h6-9,12-15H,10-11,16H2,1-5H3. The van der Waals surface area contributed by atoms with E-state index in [1.807, 2.05) is 18.5 Å². The van der Waals surface area contributed by atoms with Gasteiger partial charge in [0.25, 0.3) is 0 Å². The van der Waals surface area contributed by atoms with Crippen molar-refractivity contribution in [3.63, 3.8) is 0 Å². The zero-order chi connectivity index (χ0) is 22.5. The van der Waals surface area contributed by atoms with Crippen molar-refractivity contribution >= 4 is 35.8 Å². The summed E-state index contributed by atoms with van der Waals surface area (Å²) in [5.41, 5.74) is 6.09. The number of fused-ring (bicyclic) bond motifs is 4. The number of aryl methyl sites for hydroxylation is 1. The number of imidazole rings is 1. The van der Waals surface area contributed by atoms with Crippen molar-refractivity contribution < 1.29 is 9.47 Å². The van der Waals surface area contributed by atoms with Gasteiger partial charge in [-0.2, -0.15) is 0 Å². The van der Waals surface area contributed by atoms with Crippen LogP contribution in [0.3, 0.4) is 0 Å². The van der Waals surface area contributed by atoms with Gasteiger partial charge in [-0.15, -0.1) is 0 Å². The maximum atomic E-state index is 6.18.